The van der Waals surface area contributed by atoms with Crippen molar-refractivity contribution in [3.8, 4) is 0 Å². The third-order valence-electron chi connectivity index (χ3n) is 3.54. The van der Waals surface area contributed by atoms with Crippen molar-refractivity contribution in [1.82, 2.24) is 0 Å². The van der Waals surface area contributed by atoms with Crippen LogP contribution in [0.25, 0.3) is 0 Å². The van der Waals surface area contributed by atoms with Gasteiger partial charge in [0, 0.05) is 19.8 Å². The normalized spacial score (nSPS) is 13.6. The van der Waals surface area contributed by atoms with Gasteiger partial charge in [-0.25, -0.2) is 0 Å². The average molecular weight is 515 g/mol. The van der Waals surface area contributed by atoms with E-state index in [0.717, 1.165) is 12.5 Å². The fourth-order valence-electron chi connectivity index (χ4n) is 2.45. The topological polar surface area (TPSA) is 94.1 Å². The minimum Gasteiger partial charge on any atom is -0.417 e. The quantitative estimate of drug-likeness (QED) is 0.161. The molecule has 0 bridgehead atoms. The van der Waals surface area contributed by atoms with Crippen LogP contribution in [0.4, 0.5) is 0 Å². The summed E-state index contributed by atoms with van der Waals surface area (Å²) in [5.74, 6) is 0. The molecule has 0 saturated heterocycles. The summed E-state index contributed by atoms with van der Waals surface area (Å²) in [6.45, 7) is 14.4. The number of ether oxygens (including phenoxy) is 5. The summed E-state index contributed by atoms with van der Waals surface area (Å²) < 4.78 is 44.9. The summed E-state index contributed by atoms with van der Waals surface area (Å²) in [6.07, 6.45) is 0.0962. The molecule has 0 fully saturated rings. The maximum absolute atomic E-state index is 9.97. The molecule has 0 aromatic rings. The molecule has 1 unspecified atom stereocenters. The number of hydrogen-bond donors (Lipinski definition) is 1. The Labute approximate surface area is 195 Å². The van der Waals surface area contributed by atoms with Gasteiger partial charge in [-0.3, -0.25) is 0 Å². The molecule has 0 aromatic carbocycles. The fraction of sp³-hybridized carbons (Fsp3) is 1.00. The molecule has 0 aliphatic carbocycles. The molecule has 0 saturated carbocycles. The molecule has 1 N–H and O–H groups in total. The molecule has 9 nitrogen and oxygen atoms in total. The van der Waals surface area contributed by atoms with Crippen molar-refractivity contribution in [3.05, 3.63) is 0 Å². The lowest BCUT2D eigenvalue weighted by Gasteiger charge is -2.35. The Hall–Kier alpha value is 0.508. The van der Waals surface area contributed by atoms with Crippen LogP contribution in [0.1, 0.15) is 6.42 Å². The summed E-state index contributed by atoms with van der Waals surface area (Å²) in [5.41, 5.74) is 0. The largest absolute Gasteiger partial charge is 0.469 e. The predicted molar refractivity (Wildman–Crippen MR) is 126 cm³/mol. The van der Waals surface area contributed by atoms with Crippen molar-refractivity contribution in [2.45, 2.75) is 51.3 Å². The first-order valence-electron chi connectivity index (χ1n) is 10.7. The fourth-order valence-corrected chi connectivity index (χ4v) is 12.1. The average Bonchev–Trinajstić information content (AvgIpc) is 2.68. The number of rotatable bonds is 23. The zero-order chi connectivity index (χ0) is 23.4. The van der Waals surface area contributed by atoms with Gasteiger partial charge in [0.2, 0.25) is 19.5 Å². The highest BCUT2D eigenvalue weighted by atomic mass is 28.5. The summed E-state index contributed by atoms with van der Waals surface area (Å²) in [5, 5.41) is 9.97. The van der Waals surface area contributed by atoms with Gasteiger partial charge in [0.05, 0.1) is 52.9 Å². The molecule has 0 aliphatic rings. The molecule has 0 rings (SSSR count). The zero-order valence-corrected chi connectivity index (χ0v) is 24.1. The van der Waals surface area contributed by atoms with E-state index >= 15 is 0 Å². The number of hydrogen-bond acceptors (Lipinski definition) is 9. The first-order valence-corrected chi connectivity index (χ1v) is 18.8. The lowest BCUT2D eigenvalue weighted by Crippen LogP contribution is -2.53. The lowest BCUT2D eigenvalue weighted by atomic mass is 10.4. The summed E-state index contributed by atoms with van der Waals surface area (Å²) in [7, 11) is -2.15. The first-order chi connectivity index (χ1) is 14.8. The molecule has 13 heteroatoms. The van der Waals surface area contributed by atoms with E-state index in [9.17, 15) is 5.11 Å². The summed E-state index contributed by atoms with van der Waals surface area (Å²) in [6, 6.07) is 0.720. The lowest BCUT2D eigenvalue weighted by molar-refractivity contribution is -0.0378. The van der Waals surface area contributed by atoms with Gasteiger partial charge in [0.15, 0.2) is 8.32 Å². The van der Waals surface area contributed by atoms with Gasteiger partial charge in [-0.05, 0) is 39.2 Å². The Bertz CT molecular complexity index is 397. The van der Waals surface area contributed by atoms with Crippen molar-refractivity contribution in [3.63, 3.8) is 0 Å². The number of aliphatic hydroxyl groups excluding tert-OH is 1. The first kappa shape index (κ1) is 31.5. The van der Waals surface area contributed by atoms with Crippen LogP contribution in [0.3, 0.4) is 0 Å². The van der Waals surface area contributed by atoms with E-state index in [4.69, 9.17) is 36.0 Å². The Morgan fingerprint density at radius 1 is 0.742 bits per heavy atom. The highest BCUT2D eigenvalue weighted by Crippen LogP contribution is 2.22. The van der Waals surface area contributed by atoms with Gasteiger partial charge in [0.25, 0.3) is 0 Å². The SMILES string of the molecule is COCCOCCOCCOCC(O)COCCC[Si](O[Si]C)(O[Si]C)O[Si](C)(C)C. The van der Waals surface area contributed by atoms with Crippen molar-refractivity contribution in [2.75, 3.05) is 66.6 Å². The van der Waals surface area contributed by atoms with Crippen molar-refractivity contribution >= 4 is 36.6 Å². The van der Waals surface area contributed by atoms with Crippen LogP contribution < -0.4 is 0 Å². The third kappa shape index (κ3) is 19.7. The molecule has 184 valence electrons. The predicted octanol–water partition coefficient (Wildman–Crippen LogP) is 1.61. The van der Waals surface area contributed by atoms with E-state index in [0.29, 0.717) is 65.8 Å². The van der Waals surface area contributed by atoms with Gasteiger partial charge in [-0.2, -0.15) is 0 Å². The molecule has 0 spiro atoms. The maximum Gasteiger partial charge on any atom is 0.469 e. The van der Waals surface area contributed by atoms with Crippen LogP contribution in [0.15, 0.2) is 0 Å². The second-order valence-electron chi connectivity index (χ2n) is 7.63. The Morgan fingerprint density at radius 2 is 1.23 bits per heavy atom. The molecular formula is C18H42O9Si4. The van der Waals surface area contributed by atoms with E-state index in [1.165, 1.54) is 0 Å². The molecule has 0 heterocycles. The molecule has 0 aromatic heterocycles. The van der Waals surface area contributed by atoms with E-state index in [1.807, 2.05) is 13.1 Å². The van der Waals surface area contributed by atoms with E-state index in [2.05, 4.69) is 19.6 Å². The highest BCUT2D eigenvalue weighted by Gasteiger charge is 2.43. The van der Waals surface area contributed by atoms with Gasteiger partial charge in [-0.1, -0.05) is 0 Å². The Morgan fingerprint density at radius 3 is 1.71 bits per heavy atom. The highest BCUT2D eigenvalue weighted by molar-refractivity contribution is 6.82. The van der Waals surface area contributed by atoms with Crippen molar-refractivity contribution in [1.29, 1.82) is 0 Å². The second-order valence-corrected chi connectivity index (χ2v) is 17.0. The molecule has 31 heavy (non-hydrogen) atoms. The second kappa shape index (κ2) is 19.9. The van der Waals surface area contributed by atoms with E-state index < -0.39 is 23.2 Å². The molecule has 0 aliphatic heterocycles. The van der Waals surface area contributed by atoms with Crippen LogP contribution in [0.2, 0.25) is 38.8 Å². The van der Waals surface area contributed by atoms with Crippen LogP contribution in [0, 0.1) is 0 Å². The Balaban J connectivity index is 3.85. The summed E-state index contributed by atoms with van der Waals surface area (Å²) >= 11 is 0. The third-order valence-corrected chi connectivity index (χ3v) is 12.3. The Kier molecular flexibility index (Phi) is 20.3. The molecule has 1 atom stereocenters. The van der Waals surface area contributed by atoms with Crippen LogP contribution in [-0.4, -0.2) is 114 Å². The van der Waals surface area contributed by atoms with Crippen molar-refractivity contribution < 1.29 is 41.1 Å². The molecule has 4 radical (unpaired) electrons. The molecule has 0 amide bonds. The van der Waals surface area contributed by atoms with Gasteiger partial charge < -0.3 is 41.1 Å². The van der Waals surface area contributed by atoms with Crippen LogP contribution in [-0.2, 0) is 36.0 Å². The smallest absolute Gasteiger partial charge is 0.417 e. The van der Waals surface area contributed by atoms with E-state index in [-0.39, 0.29) is 13.2 Å². The van der Waals surface area contributed by atoms with Gasteiger partial charge in [0.1, 0.15) is 6.10 Å². The van der Waals surface area contributed by atoms with E-state index in [1.54, 1.807) is 7.11 Å². The maximum atomic E-state index is 9.97. The number of methoxy groups -OCH3 is 1. The van der Waals surface area contributed by atoms with Crippen molar-refractivity contribution in [2.24, 2.45) is 0 Å². The monoisotopic (exact) mass is 514 g/mol. The van der Waals surface area contributed by atoms with Gasteiger partial charge in [-0.15, -0.1) is 0 Å². The standard InChI is InChI=1S/C18H42O9Si4/c1-20-9-10-21-11-12-22-13-14-24-17-18(19)16-23-8-7-15-31(25-28-2,26-29-3)27-30(4,5)6/h18-19H,7-17H2,1-6H3. The van der Waals surface area contributed by atoms with Crippen LogP contribution in [0.5, 0.6) is 0 Å². The summed E-state index contributed by atoms with van der Waals surface area (Å²) in [4.78, 5) is 0. The van der Waals surface area contributed by atoms with Crippen LogP contribution >= 0.6 is 0 Å². The zero-order valence-electron chi connectivity index (χ0n) is 20.1. The number of aliphatic hydroxyl groups is 1. The minimum absolute atomic E-state index is 0.214. The molecular weight excluding hydrogens is 473 g/mol. The minimum atomic E-state index is -2.66. The van der Waals surface area contributed by atoms with Gasteiger partial charge >= 0.3 is 8.80 Å².